The summed E-state index contributed by atoms with van der Waals surface area (Å²) in [4.78, 5) is 4.26. The standard InChI is InChI=1S/C19H29N3O2/c1-14(2)24-18-7-6-17(10-19(18)23-5)12-20-11-15(3)13-22-9-8-21-16(22)4/h6-10,14-15,20H,11-13H2,1-5H3. The van der Waals surface area contributed by atoms with Crippen molar-refractivity contribution in [1.82, 2.24) is 14.9 Å². The van der Waals surface area contributed by atoms with Crippen molar-refractivity contribution < 1.29 is 9.47 Å². The molecule has 0 radical (unpaired) electrons. The van der Waals surface area contributed by atoms with Crippen molar-refractivity contribution >= 4 is 0 Å². The number of nitrogens with zero attached hydrogens (tertiary/aromatic N) is 2. The molecule has 5 nitrogen and oxygen atoms in total. The van der Waals surface area contributed by atoms with Gasteiger partial charge in [0.2, 0.25) is 0 Å². The number of methoxy groups -OCH3 is 1. The van der Waals surface area contributed by atoms with Crippen LogP contribution in [-0.4, -0.2) is 29.3 Å². The summed E-state index contributed by atoms with van der Waals surface area (Å²) in [5.41, 5.74) is 1.19. The van der Waals surface area contributed by atoms with Crippen molar-refractivity contribution in [3.05, 3.63) is 42.0 Å². The SMILES string of the molecule is COc1cc(CNCC(C)Cn2ccnc2C)ccc1OC(C)C. The van der Waals surface area contributed by atoms with Gasteiger partial charge in [-0.3, -0.25) is 0 Å². The molecule has 1 atom stereocenters. The fourth-order valence-corrected chi connectivity index (χ4v) is 2.63. The van der Waals surface area contributed by atoms with E-state index in [2.05, 4.69) is 27.9 Å². The van der Waals surface area contributed by atoms with Gasteiger partial charge in [-0.1, -0.05) is 13.0 Å². The Morgan fingerprint density at radius 1 is 1.21 bits per heavy atom. The Labute approximate surface area is 145 Å². The van der Waals surface area contributed by atoms with E-state index in [1.165, 1.54) is 5.56 Å². The molecule has 0 aliphatic carbocycles. The zero-order chi connectivity index (χ0) is 17.5. The molecule has 0 aliphatic heterocycles. The first kappa shape index (κ1) is 18.3. The number of imidazole rings is 1. The lowest BCUT2D eigenvalue weighted by Crippen LogP contribution is -2.24. The van der Waals surface area contributed by atoms with Gasteiger partial charge in [-0.2, -0.15) is 0 Å². The molecular weight excluding hydrogens is 302 g/mol. The van der Waals surface area contributed by atoms with Crippen LogP contribution in [0.4, 0.5) is 0 Å². The van der Waals surface area contributed by atoms with Gasteiger partial charge in [0.1, 0.15) is 5.82 Å². The third-order valence-electron chi connectivity index (χ3n) is 3.84. The molecule has 5 heteroatoms. The van der Waals surface area contributed by atoms with Crippen LogP contribution in [0.1, 0.15) is 32.2 Å². The summed E-state index contributed by atoms with van der Waals surface area (Å²) < 4.78 is 13.4. The van der Waals surface area contributed by atoms with Crippen LogP contribution < -0.4 is 14.8 Å². The zero-order valence-corrected chi connectivity index (χ0v) is 15.4. The van der Waals surface area contributed by atoms with Gasteiger partial charge < -0.3 is 19.4 Å². The topological polar surface area (TPSA) is 48.3 Å². The van der Waals surface area contributed by atoms with Crippen molar-refractivity contribution in [3.63, 3.8) is 0 Å². The highest BCUT2D eigenvalue weighted by Crippen LogP contribution is 2.28. The minimum Gasteiger partial charge on any atom is -0.493 e. The van der Waals surface area contributed by atoms with Crippen LogP contribution in [-0.2, 0) is 13.1 Å². The Morgan fingerprint density at radius 2 is 2.00 bits per heavy atom. The van der Waals surface area contributed by atoms with E-state index in [1.807, 2.05) is 45.3 Å². The molecule has 1 N–H and O–H groups in total. The molecule has 1 aromatic heterocycles. The number of hydrogen-bond donors (Lipinski definition) is 1. The summed E-state index contributed by atoms with van der Waals surface area (Å²) in [6.45, 7) is 11.0. The van der Waals surface area contributed by atoms with E-state index in [4.69, 9.17) is 9.47 Å². The quantitative estimate of drug-likeness (QED) is 0.765. The summed E-state index contributed by atoms with van der Waals surface area (Å²) in [5.74, 6) is 3.17. The van der Waals surface area contributed by atoms with Crippen molar-refractivity contribution in [2.45, 2.75) is 46.9 Å². The summed E-state index contributed by atoms with van der Waals surface area (Å²) in [6, 6.07) is 6.10. The Morgan fingerprint density at radius 3 is 2.62 bits per heavy atom. The second-order valence-corrected chi connectivity index (χ2v) is 6.51. The van der Waals surface area contributed by atoms with E-state index in [9.17, 15) is 0 Å². The molecule has 0 saturated carbocycles. The lowest BCUT2D eigenvalue weighted by atomic mass is 10.1. The molecule has 2 aromatic rings. The van der Waals surface area contributed by atoms with Crippen molar-refractivity contribution in [1.29, 1.82) is 0 Å². The fourth-order valence-electron chi connectivity index (χ4n) is 2.63. The van der Waals surface area contributed by atoms with Crippen molar-refractivity contribution in [2.75, 3.05) is 13.7 Å². The highest BCUT2D eigenvalue weighted by molar-refractivity contribution is 5.43. The maximum Gasteiger partial charge on any atom is 0.161 e. The van der Waals surface area contributed by atoms with Gasteiger partial charge in [0.15, 0.2) is 11.5 Å². The average Bonchev–Trinajstić information content (AvgIpc) is 2.93. The van der Waals surface area contributed by atoms with E-state index < -0.39 is 0 Å². The Kier molecular flexibility index (Phi) is 6.67. The molecule has 0 aliphatic rings. The molecule has 0 saturated heterocycles. The van der Waals surface area contributed by atoms with Gasteiger partial charge in [0.05, 0.1) is 13.2 Å². The van der Waals surface area contributed by atoms with Crippen LogP contribution in [0.2, 0.25) is 0 Å². The summed E-state index contributed by atoms with van der Waals surface area (Å²) >= 11 is 0. The number of aryl methyl sites for hydroxylation is 1. The van der Waals surface area contributed by atoms with E-state index in [-0.39, 0.29) is 6.10 Å². The van der Waals surface area contributed by atoms with Gasteiger partial charge in [0.25, 0.3) is 0 Å². The summed E-state index contributed by atoms with van der Waals surface area (Å²) in [5, 5.41) is 3.51. The van der Waals surface area contributed by atoms with Gasteiger partial charge >= 0.3 is 0 Å². The van der Waals surface area contributed by atoms with E-state index in [1.54, 1.807) is 7.11 Å². The second-order valence-electron chi connectivity index (χ2n) is 6.51. The average molecular weight is 331 g/mol. The third-order valence-corrected chi connectivity index (χ3v) is 3.84. The summed E-state index contributed by atoms with van der Waals surface area (Å²) in [6.07, 6.45) is 4.02. The lowest BCUT2D eigenvalue weighted by molar-refractivity contribution is 0.230. The molecule has 132 valence electrons. The molecule has 0 spiro atoms. The molecule has 2 rings (SSSR count). The number of ether oxygens (including phenoxy) is 2. The predicted molar refractivity (Wildman–Crippen MR) is 96.6 cm³/mol. The Hall–Kier alpha value is -2.01. The highest BCUT2D eigenvalue weighted by Gasteiger charge is 2.09. The van der Waals surface area contributed by atoms with E-state index in [0.717, 1.165) is 37.0 Å². The smallest absolute Gasteiger partial charge is 0.161 e. The first-order valence-corrected chi connectivity index (χ1v) is 8.51. The first-order chi connectivity index (χ1) is 11.5. The zero-order valence-electron chi connectivity index (χ0n) is 15.4. The van der Waals surface area contributed by atoms with Crippen molar-refractivity contribution in [3.8, 4) is 11.5 Å². The first-order valence-electron chi connectivity index (χ1n) is 8.51. The predicted octanol–water partition coefficient (Wildman–Crippen LogP) is 3.41. The molecular formula is C19H29N3O2. The molecule has 24 heavy (non-hydrogen) atoms. The van der Waals surface area contributed by atoms with Crippen LogP contribution >= 0.6 is 0 Å². The second kappa shape index (κ2) is 8.73. The van der Waals surface area contributed by atoms with Crippen molar-refractivity contribution in [2.24, 2.45) is 5.92 Å². The van der Waals surface area contributed by atoms with Crippen LogP contribution in [0.25, 0.3) is 0 Å². The fraction of sp³-hybridized carbons (Fsp3) is 0.526. The Balaban J connectivity index is 1.84. The third kappa shape index (κ3) is 5.27. The minimum absolute atomic E-state index is 0.135. The van der Waals surface area contributed by atoms with Gasteiger partial charge in [-0.05, 0) is 50.9 Å². The minimum atomic E-state index is 0.135. The van der Waals surface area contributed by atoms with Gasteiger partial charge in [-0.25, -0.2) is 4.98 Å². The highest BCUT2D eigenvalue weighted by atomic mass is 16.5. The molecule has 0 bridgehead atoms. The number of hydrogen-bond acceptors (Lipinski definition) is 4. The van der Waals surface area contributed by atoms with Gasteiger partial charge in [0, 0.05) is 25.5 Å². The Bertz CT molecular complexity index is 637. The normalized spacial score (nSPS) is 12.4. The van der Waals surface area contributed by atoms with Gasteiger partial charge in [-0.15, -0.1) is 0 Å². The largest absolute Gasteiger partial charge is 0.493 e. The maximum absolute atomic E-state index is 5.75. The molecule has 1 unspecified atom stereocenters. The molecule has 1 heterocycles. The molecule has 0 amide bonds. The lowest BCUT2D eigenvalue weighted by Gasteiger charge is -2.16. The van der Waals surface area contributed by atoms with E-state index >= 15 is 0 Å². The monoisotopic (exact) mass is 331 g/mol. The number of benzene rings is 1. The maximum atomic E-state index is 5.75. The van der Waals surface area contributed by atoms with Crippen LogP contribution in [0.3, 0.4) is 0 Å². The number of rotatable bonds is 9. The van der Waals surface area contributed by atoms with E-state index in [0.29, 0.717) is 5.92 Å². The number of aromatic nitrogens is 2. The molecule has 0 fully saturated rings. The number of nitrogens with one attached hydrogen (secondary N) is 1. The van der Waals surface area contributed by atoms with Crippen LogP contribution in [0.15, 0.2) is 30.6 Å². The summed E-state index contributed by atoms with van der Waals surface area (Å²) in [7, 11) is 1.68. The molecule has 1 aromatic carbocycles. The van der Waals surface area contributed by atoms with Crippen LogP contribution in [0, 0.1) is 12.8 Å². The van der Waals surface area contributed by atoms with Crippen LogP contribution in [0.5, 0.6) is 11.5 Å².